The number of aryl methyl sites for hydroxylation is 2. The van der Waals surface area contributed by atoms with E-state index in [0.717, 1.165) is 31.6 Å². The maximum Gasteiger partial charge on any atom is 0.0765 e. The van der Waals surface area contributed by atoms with Gasteiger partial charge in [0.2, 0.25) is 0 Å². The maximum atomic E-state index is 7.45. The van der Waals surface area contributed by atoms with Crippen molar-refractivity contribution in [1.82, 2.24) is 15.1 Å². The van der Waals surface area contributed by atoms with Gasteiger partial charge in [0.15, 0.2) is 0 Å². The Hall–Kier alpha value is -1.68. The minimum Gasteiger partial charge on any atom is -0.311 e. The van der Waals surface area contributed by atoms with Gasteiger partial charge in [0.1, 0.15) is 0 Å². The smallest absolute Gasteiger partial charge is 0.0765 e. The number of nitrogens with zero attached hydrogens (tertiary/aromatic N) is 2. The lowest BCUT2D eigenvalue weighted by atomic mass is 9.80. The highest BCUT2D eigenvalue weighted by Gasteiger charge is 2.19. The summed E-state index contributed by atoms with van der Waals surface area (Å²) < 4.78 is 1.91. The molecular weight excluding hydrogens is 272 g/mol. The molecule has 0 bridgehead atoms. The third kappa shape index (κ3) is 4.95. The second kappa shape index (κ2) is 8.69. The summed E-state index contributed by atoms with van der Waals surface area (Å²) >= 11 is 0. The van der Waals surface area contributed by atoms with Crippen LogP contribution in [0.4, 0.5) is 0 Å². The summed E-state index contributed by atoms with van der Waals surface area (Å²) in [4.78, 5) is 0. The van der Waals surface area contributed by atoms with Crippen molar-refractivity contribution < 1.29 is 0 Å². The SMILES string of the molecule is Cc1cc(CNCCC/C=C/C=C(\C=N)C2CCC2)nn1C. The predicted molar refractivity (Wildman–Crippen MR) is 92.2 cm³/mol. The van der Waals surface area contributed by atoms with Gasteiger partial charge in [-0.1, -0.05) is 24.6 Å². The van der Waals surface area contributed by atoms with Gasteiger partial charge in [0.05, 0.1) is 5.69 Å². The number of nitrogens with one attached hydrogen (secondary N) is 2. The second-order valence-electron chi connectivity index (χ2n) is 6.09. The van der Waals surface area contributed by atoms with Crippen molar-refractivity contribution in [3.05, 3.63) is 41.3 Å². The Bertz CT molecular complexity index is 516. The quantitative estimate of drug-likeness (QED) is 0.416. The van der Waals surface area contributed by atoms with Gasteiger partial charge in [-0.3, -0.25) is 4.68 Å². The van der Waals surface area contributed by atoms with Crippen LogP contribution in [0.1, 0.15) is 43.5 Å². The summed E-state index contributed by atoms with van der Waals surface area (Å²) in [6, 6.07) is 2.12. The molecule has 0 atom stereocenters. The van der Waals surface area contributed by atoms with Gasteiger partial charge < -0.3 is 10.7 Å². The van der Waals surface area contributed by atoms with Crippen LogP contribution in [0.25, 0.3) is 0 Å². The van der Waals surface area contributed by atoms with Crippen LogP contribution in [-0.4, -0.2) is 22.5 Å². The first-order valence-corrected chi connectivity index (χ1v) is 8.28. The molecule has 0 saturated heterocycles. The monoisotopic (exact) mass is 300 g/mol. The highest BCUT2D eigenvalue weighted by atomic mass is 15.3. The van der Waals surface area contributed by atoms with Crippen molar-refractivity contribution in [2.45, 2.75) is 45.6 Å². The normalized spacial score (nSPS) is 16.2. The molecule has 120 valence electrons. The fourth-order valence-electron chi connectivity index (χ4n) is 2.60. The molecule has 4 heteroatoms. The topological polar surface area (TPSA) is 53.7 Å². The number of rotatable bonds is 9. The molecule has 22 heavy (non-hydrogen) atoms. The van der Waals surface area contributed by atoms with Gasteiger partial charge in [-0.25, -0.2) is 0 Å². The largest absolute Gasteiger partial charge is 0.311 e. The first-order chi connectivity index (χ1) is 10.7. The van der Waals surface area contributed by atoms with Crippen molar-refractivity contribution >= 4 is 6.21 Å². The molecule has 1 aliphatic carbocycles. The predicted octanol–water partition coefficient (Wildman–Crippen LogP) is 3.53. The number of unbranched alkanes of at least 4 members (excludes halogenated alkanes) is 1. The Morgan fingerprint density at radius 2 is 2.32 bits per heavy atom. The first kappa shape index (κ1) is 16.7. The van der Waals surface area contributed by atoms with Crippen LogP contribution in [0.15, 0.2) is 29.9 Å². The van der Waals surface area contributed by atoms with E-state index in [4.69, 9.17) is 5.41 Å². The molecule has 2 N–H and O–H groups in total. The van der Waals surface area contributed by atoms with E-state index >= 15 is 0 Å². The number of aromatic nitrogens is 2. The lowest BCUT2D eigenvalue weighted by Gasteiger charge is -2.25. The van der Waals surface area contributed by atoms with Gasteiger partial charge in [0, 0.05) is 25.5 Å². The van der Waals surface area contributed by atoms with E-state index in [1.165, 1.54) is 36.7 Å². The molecule has 2 rings (SSSR count). The van der Waals surface area contributed by atoms with Gasteiger partial charge >= 0.3 is 0 Å². The molecule has 1 aromatic heterocycles. The van der Waals surface area contributed by atoms with Crippen LogP contribution in [0.5, 0.6) is 0 Å². The summed E-state index contributed by atoms with van der Waals surface area (Å²) in [5.41, 5.74) is 3.49. The van der Waals surface area contributed by atoms with E-state index < -0.39 is 0 Å². The van der Waals surface area contributed by atoms with Gasteiger partial charge in [-0.05, 0) is 56.7 Å². The average Bonchev–Trinajstić information content (AvgIpc) is 2.77. The van der Waals surface area contributed by atoms with E-state index in [-0.39, 0.29) is 0 Å². The Kier molecular flexibility index (Phi) is 6.59. The molecule has 0 radical (unpaired) electrons. The first-order valence-electron chi connectivity index (χ1n) is 8.28. The minimum atomic E-state index is 0.644. The van der Waals surface area contributed by atoms with Gasteiger partial charge in [-0.15, -0.1) is 0 Å². The Morgan fingerprint density at radius 1 is 1.50 bits per heavy atom. The summed E-state index contributed by atoms with van der Waals surface area (Å²) in [5.74, 6) is 0.644. The van der Waals surface area contributed by atoms with Gasteiger partial charge in [0.25, 0.3) is 0 Å². The van der Waals surface area contributed by atoms with Crippen molar-refractivity contribution in [1.29, 1.82) is 5.41 Å². The summed E-state index contributed by atoms with van der Waals surface area (Å²) in [5, 5.41) is 15.3. The molecule has 1 fully saturated rings. The Morgan fingerprint density at radius 3 is 2.91 bits per heavy atom. The van der Waals surface area contributed by atoms with E-state index in [1.54, 1.807) is 0 Å². The number of hydrogen-bond donors (Lipinski definition) is 2. The molecule has 1 heterocycles. The fraction of sp³-hybridized carbons (Fsp3) is 0.556. The molecular formula is C18H28N4. The molecule has 1 saturated carbocycles. The van der Waals surface area contributed by atoms with E-state index in [2.05, 4.69) is 41.6 Å². The highest BCUT2D eigenvalue weighted by molar-refractivity contribution is 5.77. The van der Waals surface area contributed by atoms with E-state index in [9.17, 15) is 0 Å². The molecule has 0 amide bonds. The summed E-state index contributed by atoms with van der Waals surface area (Å²) in [6.45, 7) is 3.91. The summed E-state index contributed by atoms with van der Waals surface area (Å²) in [7, 11) is 1.98. The third-order valence-corrected chi connectivity index (χ3v) is 4.36. The molecule has 0 spiro atoms. The van der Waals surface area contributed by atoms with Crippen molar-refractivity contribution in [2.24, 2.45) is 13.0 Å². The lowest BCUT2D eigenvalue weighted by Crippen LogP contribution is -2.15. The standard InChI is InChI=1S/C18H28N4/c1-15-12-18(21-22(15)2)14-20-11-6-4-3-5-8-17(13-19)16-9-7-10-16/h3,5,8,12-13,16,19-20H,4,6-7,9-11,14H2,1-2H3/b5-3+,17-8+,19-13?. The molecule has 1 aromatic rings. The third-order valence-electron chi connectivity index (χ3n) is 4.36. The molecule has 4 nitrogen and oxygen atoms in total. The van der Waals surface area contributed by atoms with Crippen molar-refractivity contribution in [2.75, 3.05) is 6.54 Å². The molecule has 0 aliphatic heterocycles. The Balaban J connectivity index is 1.57. The van der Waals surface area contributed by atoms with Crippen molar-refractivity contribution in [3.63, 3.8) is 0 Å². The molecule has 0 aromatic carbocycles. The zero-order chi connectivity index (χ0) is 15.8. The minimum absolute atomic E-state index is 0.644. The second-order valence-corrected chi connectivity index (χ2v) is 6.09. The lowest BCUT2D eigenvalue weighted by molar-refractivity contribution is 0.379. The number of hydrogen-bond acceptors (Lipinski definition) is 3. The van der Waals surface area contributed by atoms with Gasteiger partial charge in [-0.2, -0.15) is 5.10 Å². The van der Waals surface area contributed by atoms with Crippen LogP contribution in [-0.2, 0) is 13.6 Å². The zero-order valence-electron chi connectivity index (χ0n) is 13.8. The maximum absolute atomic E-state index is 7.45. The van der Waals surface area contributed by atoms with Crippen LogP contribution in [0.2, 0.25) is 0 Å². The highest BCUT2D eigenvalue weighted by Crippen LogP contribution is 2.32. The average molecular weight is 300 g/mol. The fourth-order valence-corrected chi connectivity index (χ4v) is 2.60. The van der Waals surface area contributed by atoms with Crippen LogP contribution in [0.3, 0.4) is 0 Å². The summed E-state index contributed by atoms with van der Waals surface area (Å²) in [6.07, 6.45) is 14.0. The van der Waals surface area contributed by atoms with Crippen LogP contribution >= 0.6 is 0 Å². The zero-order valence-corrected chi connectivity index (χ0v) is 13.8. The number of allylic oxidation sites excluding steroid dienone is 4. The Labute approximate surface area is 133 Å². The molecule has 0 unspecified atom stereocenters. The van der Waals surface area contributed by atoms with Crippen molar-refractivity contribution in [3.8, 4) is 0 Å². The van der Waals surface area contributed by atoms with Crippen LogP contribution < -0.4 is 5.32 Å². The molecule has 1 aliphatic rings. The van der Waals surface area contributed by atoms with E-state index in [0.29, 0.717) is 5.92 Å². The van der Waals surface area contributed by atoms with E-state index in [1.807, 2.05) is 11.7 Å². The van der Waals surface area contributed by atoms with Crippen LogP contribution in [0, 0.1) is 18.3 Å².